The number of hydrogen-bond acceptors (Lipinski definition) is 4. The van der Waals surface area contributed by atoms with Gasteiger partial charge in [0.15, 0.2) is 18.1 Å². The van der Waals surface area contributed by atoms with E-state index in [-0.39, 0.29) is 12.5 Å². The summed E-state index contributed by atoms with van der Waals surface area (Å²) in [5, 5.41) is 2.99. The Labute approximate surface area is 181 Å². The van der Waals surface area contributed by atoms with Crippen molar-refractivity contribution >= 4 is 17.4 Å². The molecule has 4 rings (SSSR count). The molecule has 31 heavy (non-hydrogen) atoms. The number of ether oxygens (including phenoxy) is 2. The van der Waals surface area contributed by atoms with E-state index in [2.05, 4.69) is 5.32 Å². The summed E-state index contributed by atoms with van der Waals surface area (Å²) in [6, 6.07) is 21.1. The number of benzene rings is 2. The molecule has 158 valence electrons. The van der Waals surface area contributed by atoms with Gasteiger partial charge in [-0.2, -0.15) is 0 Å². The smallest absolute Gasteiger partial charge is 0.263 e. The van der Waals surface area contributed by atoms with Crippen molar-refractivity contribution in [3.05, 3.63) is 78.5 Å². The second-order valence-electron chi connectivity index (χ2n) is 7.19. The van der Waals surface area contributed by atoms with Crippen molar-refractivity contribution in [1.29, 1.82) is 0 Å². The van der Waals surface area contributed by atoms with Crippen LogP contribution in [0.1, 0.15) is 18.9 Å². The Morgan fingerprint density at radius 3 is 2.42 bits per heavy atom. The number of amides is 1. The zero-order chi connectivity index (χ0) is 21.6. The second-order valence-corrected chi connectivity index (χ2v) is 7.19. The van der Waals surface area contributed by atoms with Crippen LogP contribution in [-0.2, 0) is 4.79 Å². The Kier molecular flexibility index (Phi) is 6.17. The van der Waals surface area contributed by atoms with E-state index in [9.17, 15) is 4.79 Å². The lowest BCUT2D eigenvalue weighted by molar-refractivity contribution is -0.118. The van der Waals surface area contributed by atoms with Crippen molar-refractivity contribution < 1.29 is 14.3 Å². The quantitative estimate of drug-likeness (QED) is 0.434. The van der Waals surface area contributed by atoms with Crippen LogP contribution in [0.2, 0.25) is 0 Å². The van der Waals surface area contributed by atoms with E-state index in [4.69, 9.17) is 14.5 Å². The molecule has 0 saturated heterocycles. The third-order valence-electron chi connectivity index (χ3n) is 4.82. The molecule has 0 bridgehead atoms. The first-order valence-electron chi connectivity index (χ1n) is 10.3. The maximum Gasteiger partial charge on any atom is 0.263 e. The Morgan fingerprint density at radius 1 is 0.968 bits per heavy atom. The first-order valence-corrected chi connectivity index (χ1v) is 10.3. The molecule has 0 spiro atoms. The first kappa shape index (κ1) is 20.5. The van der Waals surface area contributed by atoms with Crippen LogP contribution in [0.5, 0.6) is 11.5 Å². The number of nitrogens with one attached hydrogen (secondary N) is 1. The van der Waals surface area contributed by atoms with Crippen LogP contribution in [0, 0.1) is 6.92 Å². The molecule has 1 amide bonds. The van der Waals surface area contributed by atoms with E-state index >= 15 is 0 Å². The molecular formula is C25H25N3O3. The normalized spacial score (nSPS) is 10.8. The summed E-state index contributed by atoms with van der Waals surface area (Å²) in [6.45, 7) is 4.49. The van der Waals surface area contributed by atoms with E-state index < -0.39 is 0 Å². The van der Waals surface area contributed by atoms with Crippen LogP contribution in [0.25, 0.3) is 16.9 Å². The fraction of sp³-hybridized carbons (Fsp3) is 0.200. The van der Waals surface area contributed by atoms with Crippen molar-refractivity contribution in [2.24, 2.45) is 0 Å². The summed E-state index contributed by atoms with van der Waals surface area (Å²) in [5.74, 6) is 1.52. The largest absolute Gasteiger partial charge is 0.490 e. The van der Waals surface area contributed by atoms with E-state index in [1.807, 2.05) is 85.1 Å². The average molecular weight is 415 g/mol. The second kappa shape index (κ2) is 9.34. The average Bonchev–Trinajstić information content (AvgIpc) is 3.17. The van der Waals surface area contributed by atoms with Gasteiger partial charge in [-0.15, -0.1) is 0 Å². The highest BCUT2D eigenvalue weighted by molar-refractivity contribution is 5.95. The lowest BCUT2D eigenvalue weighted by Crippen LogP contribution is -2.21. The molecule has 0 saturated carbocycles. The van der Waals surface area contributed by atoms with Crippen LogP contribution in [-0.4, -0.2) is 28.5 Å². The molecule has 1 N–H and O–H groups in total. The number of nitrogens with zero attached hydrogens (tertiary/aromatic N) is 2. The van der Waals surface area contributed by atoms with Gasteiger partial charge in [0.25, 0.3) is 5.91 Å². The van der Waals surface area contributed by atoms with Gasteiger partial charge >= 0.3 is 0 Å². The standard InChI is InChI=1S/C25H25N3O3/c1-3-16-30-20-13-7-8-14-21(20)31-17-22(29)26-25-23(19-11-5-4-6-12-19)27-24-18(2)10-9-15-28(24)25/h4-15H,3,16-17H2,1-2H3,(H,26,29). The molecule has 0 aliphatic heterocycles. The molecule has 2 aromatic carbocycles. The molecule has 0 fully saturated rings. The van der Waals surface area contributed by atoms with Crippen molar-refractivity contribution in [3.63, 3.8) is 0 Å². The summed E-state index contributed by atoms with van der Waals surface area (Å²) >= 11 is 0. The summed E-state index contributed by atoms with van der Waals surface area (Å²) < 4.78 is 13.4. The third kappa shape index (κ3) is 4.53. The highest BCUT2D eigenvalue weighted by Crippen LogP contribution is 2.30. The molecule has 0 unspecified atom stereocenters. The lowest BCUT2D eigenvalue weighted by atomic mass is 10.1. The zero-order valence-corrected chi connectivity index (χ0v) is 17.7. The molecule has 4 aromatic rings. The number of carbonyl (C=O) groups is 1. The number of aryl methyl sites for hydroxylation is 1. The van der Waals surface area contributed by atoms with Crippen LogP contribution >= 0.6 is 0 Å². The van der Waals surface area contributed by atoms with Crippen molar-refractivity contribution in [3.8, 4) is 22.8 Å². The Hall–Kier alpha value is -3.80. The van der Waals surface area contributed by atoms with Gasteiger partial charge in [-0.1, -0.05) is 55.5 Å². The van der Waals surface area contributed by atoms with Gasteiger partial charge < -0.3 is 14.8 Å². The molecule has 0 aliphatic carbocycles. The SMILES string of the molecule is CCCOc1ccccc1OCC(=O)Nc1c(-c2ccccc2)nc2c(C)cccn12. The van der Waals surface area contributed by atoms with Gasteiger partial charge in [0, 0.05) is 11.8 Å². The summed E-state index contributed by atoms with van der Waals surface area (Å²) in [7, 11) is 0. The van der Waals surface area contributed by atoms with Gasteiger partial charge in [-0.25, -0.2) is 4.98 Å². The maximum absolute atomic E-state index is 12.8. The van der Waals surface area contributed by atoms with Crippen molar-refractivity contribution in [2.45, 2.75) is 20.3 Å². The monoisotopic (exact) mass is 415 g/mol. The first-order chi connectivity index (χ1) is 15.2. The topological polar surface area (TPSA) is 64.9 Å². The Morgan fingerprint density at radius 2 is 1.68 bits per heavy atom. The van der Waals surface area contributed by atoms with Gasteiger partial charge in [0.1, 0.15) is 17.2 Å². The zero-order valence-electron chi connectivity index (χ0n) is 17.7. The van der Waals surface area contributed by atoms with Crippen molar-refractivity contribution in [2.75, 3.05) is 18.5 Å². The third-order valence-corrected chi connectivity index (χ3v) is 4.82. The molecule has 2 aromatic heterocycles. The summed E-state index contributed by atoms with van der Waals surface area (Å²) in [6.07, 6.45) is 2.79. The number of pyridine rings is 1. The number of hydrogen-bond donors (Lipinski definition) is 1. The van der Waals surface area contributed by atoms with E-state index in [0.717, 1.165) is 28.9 Å². The molecule has 0 atom stereocenters. The Balaban J connectivity index is 1.57. The number of aromatic nitrogens is 2. The van der Waals surface area contributed by atoms with E-state index in [0.29, 0.717) is 23.9 Å². The minimum absolute atomic E-state index is 0.139. The van der Waals surface area contributed by atoms with Crippen LogP contribution in [0.4, 0.5) is 5.82 Å². The predicted octanol–water partition coefficient (Wildman–Crippen LogP) is 5.12. The number of para-hydroxylation sites is 2. The van der Waals surface area contributed by atoms with Crippen LogP contribution < -0.4 is 14.8 Å². The van der Waals surface area contributed by atoms with Gasteiger partial charge in [0.2, 0.25) is 0 Å². The van der Waals surface area contributed by atoms with Crippen LogP contribution in [0.3, 0.4) is 0 Å². The van der Waals surface area contributed by atoms with Crippen LogP contribution in [0.15, 0.2) is 72.9 Å². The van der Waals surface area contributed by atoms with Gasteiger partial charge in [0.05, 0.1) is 6.61 Å². The number of anilines is 1. The molecule has 0 aliphatic rings. The molecule has 6 heteroatoms. The Bertz CT molecular complexity index is 1190. The van der Waals surface area contributed by atoms with Gasteiger partial charge in [-0.05, 0) is 37.1 Å². The highest BCUT2D eigenvalue weighted by Gasteiger charge is 2.18. The van der Waals surface area contributed by atoms with Gasteiger partial charge in [-0.3, -0.25) is 9.20 Å². The summed E-state index contributed by atoms with van der Waals surface area (Å²) in [5.41, 5.74) is 3.48. The predicted molar refractivity (Wildman–Crippen MR) is 122 cm³/mol. The summed E-state index contributed by atoms with van der Waals surface area (Å²) in [4.78, 5) is 17.6. The van der Waals surface area contributed by atoms with Crippen molar-refractivity contribution in [1.82, 2.24) is 9.38 Å². The van der Waals surface area contributed by atoms with E-state index in [1.54, 1.807) is 6.07 Å². The fourth-order valence-corrected chi connectivity index (χ4v) is 3.33. The maximum atomic E-state index is 12.8. The highest BCUT2D eigenvalue weighted by atomic mass is 16.5. The fourth-order valence-electron chi connectivity index (χ4n) is 3.33. The minimum Gasteiger partial charge on any atom is -0.490 e. The van der Waals surface area contributed by atoms with E-state index in [1.165, 1.54) is 0 Å². The molecule has 6 nitrogen and oxygen atoms in total. The number of fused-ring (bicyclic) bond motifs is 1. The number of carbonyl (C=O) groups excluding carboxylic acids is 1. The molecular weight excluding hydrogens is 390 g/mol. The number of imidazole rings is 1. The lowest BCUT2D eigenvalue weighted by Gasteiger charge is -2.12. The minimum atomic E-state index is -0.272. The molecule has 2 heterocycles. The molecule has 0 radical (unpaired) electrons. The number of rotatable bonds is 8.